The Morgan fingerprint density at radius 1 is 0.838 bits per heavy atom. The molecule has 10 N–H and O–H groups in total. The van der Waals surface area contributed by atoms with Crippen molar-refractivity contribution < 1.29 is 33.9 Å². The summed E-state index contributed by atoms with van der Waals surface area (Å²) >= 11 is 1.38. The Morgan fingerprint density at radius 3 is 1.95 bits per heavy atom. The van der Waals surface area contributed by atoms with E-state index >= 15 is 0 Å². The van der Waals surface area contributed by atoms with Crippen LogP contribution in [0.2, 0.25) is 0 Å². The van der Waals surface area contributed by atoms with E-state index in [1.807, 2.05) is 6.07 Å². The van der Waals surface area contributed by atoms with Gasteiger partial charge in [-0.3, -0.25) is 24.0 Å². The van der Waals surface area contributed by atoms with Gasteiger partial charge < -0.3 is 38.3 Å². The van der Waals surface area contributed by atoms with Gasteiger partial charge in [-0.15, -0.1) is 0 Å². The molecular weight excluding hydrogens is 504 g/mol. The number of aliphatic carboxylic acids is 1. The van der Waals surface area contributed by atoms with E-state index in [1.54, 1.807) is 30.5 Å². The Balaban J connectivity index is 2.94. The molecule has 0 radical (unpaired) electrons. The Bertz CT molecular complexity index is 962. The number of nitrogens with one attached hydrogen (secondary N) is 3. The number of primary amides is 2. The largest absolute Gasteiger partial charge is 0.480 e. The molecule has 1 rings (SSSR count). The predicted octanol–water partition coefficient (Wildman–Crippen LogP) is -2.01. The molecule has 0 saturated heterocycles. The second-order valence-electron chi connectivity index (χ2n) is 8.27. The number of carboxylic acid groups (broad SMARTS) is 1. The van der Waals surface area contributed by atoms with Gasteiger partial charge in [-0.2, -0.15) is 11.8 Å². The maximum absolute atomic E-state index is 13.0. The second-order valence-corrected chi connectivity index (χ2v) is 9.26. The van der Waals surface area contributed by atoms with Gasteiger partial charge in [-0.1, -0.05) is 30.3 Å². The molecule has 0 aliphatic rings. The van der Waals surface area contributed by atoms with Crippen LogP contribution in [0.1, 0.15) is 31.2 Å². The monoisotopic (exact) mass is 538 g/mol. The molecule has 37 heavy (non-hydrogen) atoms. The zero-order chi connectivity index (χ0) is 28.0. The number of carbonyl (C=O) groups excluding carboxylic acids is 5. The average Bonchev–Trinajstić information content (AvgIpc) is 2.83. The molecule has 0 heterocycles. The van der Waals surface area contributed by atoms with Crippen LogP contribution in [0.3, 0.4) is 0 Å². The highest BCUT2D eigenvalue weighted by molar-refractivity contribution is 7.98. The van der Waals surface area contributed by atoms with Crippen molar-refractivity contribution in [3.63, 3.8) is 0 Å². The van der Waals surface area contributed by atoms with E-state index in [1.165, 1.54) is 11.8 Å². The quantitative estimate of drug-likeness (QED) is 0.116. The van der Waals surface area contributed by atoms with Gasteiger partial charge in [0.05, 0.1) is 12.5 Å². The van der Waals surface area contributed by atoms with E-state index in [9.17, 15) is 33.9 Å². The fourth-order valence-corrected chi connectivity index (χ4v) is 3.71. The molecular formula is C23H34N6O7S. The molecule has 5 amide bonds. The van der Waals surface area contributed by atoms with Crippen LogP contribution in [0.15, 0.2) is 30.3 Å². The number of nitrogens with two attached hydrogens (primary N) is 3. The number of rotatable bonds is 17. The fourth-order valence-electron chi connectivity index (χ4n) is 3.24. The first-order valence-electron chi connectivity index (χ1n) is 11.4. The van der Waals surface area contributed by atoms with Crippen molar-refractivity contribution in [3.8, 4) is 0 Å². The van der Waals surface area contributed by atoms with Crippen LogP contribution in [0.4, 0.5) is 0 Å². The number of thioether (sulfide) groups is 1. The predicted molar refractivity (Wildman–Crippen MR) is 137 cm³/mol. The maximum Gasteiger partial charge on any atom is 0.326 e. The van der Waals surface area contributed by atoms with E-state index < -0.39 is 66.1 Å². The van der Waals surface area contributed by atoms with E-state index in [2.05, 4.69) is 16.0 Å². The molecule has 0 aliphatic heterocycles. The highest BCUT2D eigenvalue weighted by atomic mass is 32.2. The van der Waals surface area contributed by atoms with Crippen LogP contribution in [0.25, 0.3) is 0 Å². The first kappa shape index (κ1) is 31.4. The number of hydrogen-bond acceptors (Lipinski definition) is 8. The van der Waals surface area contributed by atoms with Crippen molar-refractivity contribution in [2.24, 2.45) is 17.2 Å². The Hall–Kier alpha value is -3.65. The van der Waals surface area contributed by atoms with Gasteiger partial charge in [0.2, 0.25) is 29.5 Å². The molecule has 1 aromatic carbocycles. The third-order valence-corrected chi connectivity index (χ3v) is 5.86. The van der Waals surface area contributed by atoms with Crippen LogP contribution >= 0.6 is 11.8 Å². The van der Waals surface area contributed by atoms with Crippen molar-refractivity contribution in [1.29, 1.82) is 0 Å². The van der Waals surface area contributed by atoms with Crippen LogP contribution in [-0.4, -0.2) is 76.8 Å². The first-order chi connectivity index (χ1) is 17.4. The molecule has 0 aliphatic carbocycles. The van der Waals surface area contributed by atoms with E-state index in [0.717, 1.165) is 5.56 Å². The van der Waals surface area contributed by atoms with Crippen molar-refractivity contribution in [2.75, 3.05) is 12.0 Å². The van der Waals surface area contributed by atoms with E-state index in [4.69, 9.17) is 17.2 Å². The summed E-state index contributed by atoms with van der Waals surface area (Å²) < 4.78 is 0. The van der Waals surface area contributed by atoms with Gasteiger partial charge in [-0.05, 0) is 36.8 Å². The highest BCUT2D eigenvalue weighted by Crippen LogP contribution is 2.06. The zero-order valence-electron chi connectivity index (χ0n) is 20.5. The third-order valence-electron chi connectivity index (χ3n) is 5.21. The summed E-state index contributed by atoms with van der Waals surface area (Å²) in [7, 11) is 0. The summed E-state index contributed by atoms with van der Waals surface area (Å²) in [6.45, 7) is 0. The minimum Gasteiger partial charge on any atom is -0.480 e. The summed E-state index contributed by atoms with van der Waals surface area (Å²) in [5.74, 6) is -4.95. The summed E-state index contributed by atoms with van der Waals surface area (Å²) in [6.07, 6.45) is 1.01. The molecule has 0 fully saturated rings. The van der Waals surface area contributed by atoms with Crippen molar-refractivity contribution in [1.82, 2.24) is 16.0 Å². The van der Waals surface area contributed by atoms with Gasteiger partial charge in [0.25, 0.3) is 0 Å². The lowest BCUT2D eigenvalue weighted by atomic mass is 10.0. The van der Waals surface area contributed by atoms with Crippen LogP contribution in [-0.2, 0) is 35.2 Å². The summed E-state index contributed by atoms with van der Waals surface area (Å²) in [4.78, 5) is 72.5. The molecule has 0 spiro atoms. The van der Waals surface area contributed by atoms with E-state index in [-0.39, 0.29) is 25.7 Å². The number of amides is 5. The Kier molecular flexibility index (Phi) is 13.7. The highest BCUT2D eigenvalue weighted by Gasteiger charge is 2.31. The molecule has 0 saturated carbocycles. The van der Waals surface area contributed by atoms with Gasteiger partial charge in [0, 0.05) is 6.42 Å². The van der Waals surface area contributed by atoms with Crippen molar-refractivity contribution in [3.05, 3.63) is 35.9 Å². The third kappa shape index (κ3) is 12.2. The molecule has 4 atom stereocenters. The number of carboxylic acids is 1. The maximum atomic E-state index is 13.0. The van der Waals surface area contributed by atoms with E-state index in [0.29, 0.717) is 5.75 Å². The molecule has 1 aromatic rings. The molecule has 4 unspecified atom stereocenters. The number of hydrogen-bond donors (Lipinski definition) is 7. The van der Waals surface area contributed by atoms with Gasteiger partial charge in [-0.25, -0.2) is 4.79 Å². The van der Waals surface area contributed by atoms with Gasteiger partial charge in [0.1, 0.15) is 18.1 Å². The minimum absolute atomic E-state index is 0.117. The summed E-state index contributed by atoms with van der Waals surface area (Å²) in [5, 5.41) is 16.5. The van der Waals surface area contributed by atoms with Crippen LogP contribution < -0.4 is 33.2 Å². The Labute approximate surface area is 218 Å². The fraction of sp³-hybridized carbons (Fsp3) is 0.478. The zero-order valence-corrected chi connectivity index (χ0v) is 21.3. The first-order valence-corrected chi connectivity index (χ1v) is 12.8. The van der Waals surface area contributed by atoms with Crippen LogP contribution in [0.5, 0.6) is 0 Å². The summed E-state index contributed by atoms with van der Waals surface area (Å²) in [6, 6.07) is 3.89. The second kappa shape index (κ2) is 16.2. The SMILES string of the molecule is CSCCC(NC(=O)C(CC(N)=O)NC(=O)C(N)Cc1ccccc1)C(=O)NC(CCC(N)=O)C(=O)O. The smallest absolute Gasteiger partial charge is 0.326 e. The lowest BCUT2D eigenvalue weighted by Gasteiger charge is -2.24. The lowest BCUT2D eigenvalue weighted by molar-refractivity contribution is -0.142. The van der Waals surface area contributed by atoms with Crippen molar-refractivity contribution in [2.45, 2.75) is 56.3 Å². The molecule has 14 heteroatoms. The van der Waals surface area contributed by atoms with Gasteiger partial charge in [0.15, 0.2) is 0 Å². The standard InChI is InChI=1S/C23H34N6O7S/c1-37-10-9-15(21(33)28-16(23(35)36)7-8-18(25)30)27-22(34)17(12-19(26)31)29-20(32)14(24)11-13-5-3-2-4-6-13/h2-6,14-17H,7-12,24H2,1H3,(H2,25,30)(H2,26,31)(H,27,34)(H,28,33)(H,29,32)(H,35,36). The normalized spacial score (nSPS) is 13.9. The topological polar surface area (TPSA) is 237 Å². The average molecular weight is 539 g/mol. The Morgan fingerprint density at radius 2 is 1.41 bits per heavy atom. The summed E-state index contributed by atoms with van der Waals surface area (Å²) in [5.41, 5.74) is 17.1. The molecule has 204 valence electrons. The number of benzene rings is 1. The molecule has 0 bridgehead atoms. The van der Waals surface area contributed by atoms with Crippen molar-refractivity contribution >= 4 is 47.3 Å². The van der Waals surface area contributed by atoms with Crippen LogP contribution in [0, 0.1) is 0 Å². The van der Waals surface area contributed by atoms with Gasteiger partial charge >= 0.3 is 5.97 Å². The molecule has 0 aromatic heterocycles. The number of carbonyl (C=O) groups is 6. The molecule has 13 nitrogen and oxygen atoms in total. The minimum atomic E-state index is -1.42. The lowest BCUT2D eigenvalue weighted by Crippen LogP contribution is -2.58.